The first-order valence-corrected chi connectivity index (χ1v) is 8.45. The molecule has 1 aromatic carbocycles. The van der Waals surface area contributed by atoms with E-state index in [0.29, 0.717) is 16.8 Å². The van der Waals surface area contributed by atoms with Crippen LogP contribution in [0, 0.1) is 13.8 Å². The van der Waals surface area contributed by atoms with Crippen molar-refractivity contribution in [3.8, 4) is 0 Å². The molecule has 0 amide bonds. The molecule has 1 heterocycles. The van der Waals surface area contributed by atoms with Crippen LogP contribution in [0.4, 0.5) is 0 Å². The van der Waals surface area contributed by atoms with Gasteiger partial charge in [0.1, 0.15) is 0 Å². The molecule has 2 aromatic rings. The third-order valence-electron chi connectivity index (χ3n) is 2.97. The number of hydrogen-bond donors (Lipinski definition) is 2. The maximum absolute atomic E-state index is 12.3. The Morgan fingerprint density at radius 2 is 2.05 bits per heavy atom. The van der Waals surface area contributed by atoms with Crippen LogP contribution in [-0.4, -0.2) is 24.5 Å². The molecule has 0 spiro atoms. The molecule has 0 fully saturated rings. The molecule has 2 N–H and O–H groups in total. The summed E-state index contributed by atoms with van der Waals surface area (Å²) < 4.78 is 27.0. The molecule has 0 atom stereocenters. The van der Waals surface area contributed by atoms with Crippen molar-refractivity contribution in [3.05, 3.63) is 45.4 Å². The lowest BCUT2D eigenvalue weighted by Crippen LogP contribution is -2.24. The van der Waals surface area contributed by atoms with Crippen LogP contribution in [0.2, 0.25) is 0 Å². The van der Waals surface area contributed by atoms with Gasteiger partial charge in [-0.1, -0.05) is 6.07 Å². The summed E-state index contributed by atoms with van der Waals surface area (Å²) in [5, 5.41) is 10.8. The Bertz CT molecular complexity index is 768. The first kappa shape index (κ1) is 15.6. The van der Waals surface area contributed by atoms with E-state index >= 15 is 0 Å². The molecule has 0 aliphatic heterocycles. The second kappa shape index (κ2) is 5.92. The molecular formula is C13H14N2O4S2. The van der Waals surface area contributed by atoms with Gasteiger partial charge in [0.05, 0.1) is 28.2 Å². The maximum atomic E-state index is 12.3. The van der Waals surface area contributed by atoms with E-state index in [9.17, 15) is 13.2 Å². The van der Waals surface area contributed by atoms with Crippen molar-refractivity contribution in [3.63, 3.8) is 0 Å². The maximum Gasteiger partial charge on any atom is 0.335 e. The van der Waals surface area contributed by atoms with Gasteiger partial charge < -0.3 is 5.11 Å². The van der Waals surface area contributed by atoms with Crippen molar-refractivity contribution in [1.29, 1.82) is 0 Å². The smallest absolute Gasteiger partial charge is 0.335 e. The second-order valence-electron chi connectivity index (χ2n) is 4.54. The SMILES string of the molecule is Cc1cc(C)c(S(=O)(=O)NCc2cscn2)cc1C(=O)O. The Kier molecular flexibility index (Phi) is 4.40. The Morgan fingerprint density at radius 3 is 2.62 bits per heavy atom. The molecule has 8 heteroatoms. The number of aromatic nitrogens is 1. The molecule has 0 unspecified atom stereocenters. The van der Waals surface area contributed by atoms with Gasteiger partial charge >= 0.3 is 5.97 Å². The van der Waals surface area contributed by atoms with Crippen LogP contribution in [0.3, 0.4) is 0 Å². The average molecular weight is 326 g/mol. The topological polar surface area (TPSA) is 96.4 Å². The number of nitrogens with one attached hydrogen (secondary N) is 1. The summed E-state index contributed by atoms with van der Waals surface area (Å²) in [7, 11) is -3.79. The molecule has 0 aliphatic rings. The standard InChI is InChI=1S/C13H14N2O4S2/c1-8-3-9(2)12(4-11(8)13(16)17)21(18,19)15-5-10-6-20-7-14-10/h3-4,6-7,15H,5H2,1-2H3,(H,16,17). The van der Waals surface area contributed by atoms with Gasteiger partial charge in [0.15, 0.2) is 0 Å². The van der Waals surface area contributed by atoms with Crippen LogP contribution < -0.4 is 4.72 Å². The predicted molar refractivity (Wildman–Crippen MR) is 79.0 cm³/mol. The summed E-state index contributed by atoms with van der Waals surface area (Å²) in [5.74, 6) is -1.15. The molecule has 0 saturated heterocycles. The summed E-state index contributed by atoms with van der Waals surface area (Å²) >= 11 is 1.37. The van der Waals surface area contributed by atoms with E-state index in [-0.39, 0.29) is 17.0 Å². The number of carboxylic acids is 1. The fourth-order valence-electron chi connectivity index (χ4n) is 1.92. The van der Waals surface area contributed by atoms with Crippen molar-refractivity contribution in [2.24, 2.45) is 0 Å². The highest BCUT2D eigenvalue weighted by Gasteiger charge is 2.20. The highest BCUT2D eigenvalue weighted by atomic mass is 32.2. The van der Waals surface area contributed by atoms with Crippen LogP contribution in [-0.2, 0) is 16.6 Å². The van der Waals surface area contributed by atoms with Crippen molar-refractivity contribution in [2.75, 3.05) is 0 Å². The van der Waals surface area contributed by atoms with E-state index in [0.717, 1.165) is 0 Å². The molecule has 21 heavy (non-hydrogen) atoms. The normalized spacial score (nSPS) is 11.5. The summed E-state index contributed by atoms with van der Waals surface area (Å²) in [6.07, 6.45) is 0. The third kappa shape index (κ3) is 3.46. The minimum atomic E-state index is -3.79. The Labute approximate surface area is 126 Å². The number of thiazole rings is 1. The van der Waals surface area contributed by atoms with Crippen molar-refractivity contribution < 1.29 is 18.3 Å². The number of hydrogen-bond acceptors (Lipinski definition) is 5. The lowest BCUT2D eigenvalue weighted by atomic mass is 10.1. The fraction of sp³-hybridized carbons (Fsp3) is 0.231. The minimum Gasteiger partial charge on any atom is -0.478 e. The monoisotopic (exact) mass is 326 g/mol. The molecule has 6 nitrogen and oxygen atoms in total. The highest BCUT2D eigenvalue weighted by molar-refractivity contribution is 7.89. The van der Waals surface area contributed by atoms with E-state index in [4.69, 9.17) is 5.11 Å². The van der Waals surface area contributed by atoms with Crippen LogP contribution in [0.1, 0.15) is 27.2 Å². The zero-order chi connectivity index (χ0) is 15.6. The van der Waals surface area contributed by atoms with Gasteiger partial charge in [0.2, 0.25) is 10.0 Å². The van der Waals surface area contributed by atoms with E-state index in [1.165, 1.54) is 17.4 Å². The summed E-state index contributed by atoms with van der Waals surface area (Å²) in [5.41, 5.74) is 3.24. The fourth-order valence-corrected chi connectivity index (χ4v) is 3.73. The lowest BCUT2D eigenvalue weighted by molar-refractivity contribution is 0.0696. The van der Waals surface area contributed by atoms with Gasteiger partial charge in [-0.3, -0.25) is 0 Å². The molecule has 0 bridgehead atoms. The van der Waals surface area contributed by atoms with Crippen LogP contribution >= 0.6 is 11.3 Å². The first-order valence-electron chi connectivity index (χ1n) is 6.02. The van der Waals surface area contributed by atoms with Crippen molar-refractivity contribution in [1.82, 2.24) is 9.71 Å². The summed E-state index contributed by atoms with van der Waals surface area (Å²) in [6, 6.07) is 2.75. The Hall–Kier alpha value is -1.77. The molecule has 112 valence electrons. The number of rotatable bonds is 5. The largest absolute Gasteiger partial charge is 0.478 e. The third-order valence-corrected chi connectivity index (χ3v) is 5.15. The summed E-state index contributed by atoms with van der Waals surface area (Å²) in [4.78, 5) is 15.1. The summed E-state index contributed by atoms with van der Waals surface area (Å²) in [6.45, 7) is 3.34. The average Bonchev–Trinajstić information content (AvgIpc) is 2.88. The number of benzene rings is 1. The number of sulfonamides is 1. The predicted octanol–water partition coefficient (Wildman–Crippen LogP) is 1.94. The Morgan fingerprint density at radius 1 is 1.33 bits per heavy atom. The number of nitrogens with zero attached hydrogens (tertiary/aromatic N) is 1. The van der Waals surface area contributed by atoms with E-state index in [1.807, 2.05) is 0 Å². The molecule has 0 radical (unpaired) electrons. The quantitative estimate of drug-likeness (QED) is 0.875. The Balaban J connectivity index is 2.35. The van der Waals surface area contributed by atoms with Gasteiger partial charge in [-0.25, -0.2) is 22.9 Å². The lowest BCUT2D eigenvalue weighted by Gasteiger charge is -2.11. The van der Waals surface area contributed by atoms with Gasteiger partial charge in [-0.2, -0.15) is 0 Å². The van der Waals surface area contributed by atoms with E-state index in [1.54, 1.807) is 30.8 Å². The molecule has 0 saturated carbocycles. The minimum absolute atomic E-state index is 0.0189. The van der Waals surface area contributed by atoms with Gasteiger partial charge in [-0.05, 0) is 31.0 Å². The van der Waals surface area contributed by atoms with E-state index < -0.39 is 16.0 Å². The first-order chi connectivity index (χ1) is 9.81. The van der Waals surface area contributed by atoms with Gasteiger partial charge in [-0.15, -0.1) is 11.3 Å². The van der Waals surface area contributed by atoms with Gasteiger partial charge in [0, 0.05) is 5.38 Å². The number of aromatic carboxylic acids is 1. The van der Waals surface area contributed by atoms with Crippen molar-refractivity contribution >= 4 is 27.3 Å². The van der Waals surface area contributed by atoms with Crippen LogP contribution in [0.25, 0.3) is 0 Å². The number of carbonyl (C=O) groups is 1. The molecule has 2 rings (SSSR count). The zero-order valence-corrected chi connectivity index (χ0v) is 13.1. The van der Waals surface area contributed by atoms with E-state index in [2.05, 4.69) is 9.71 Å². The molecule has 1 aromatic heterocycles. The highest BCUT2D eigenvalue weighted by Crippen LogP contribution is 2.21. The van der Waals surface area contributed by atoms with Gasteiger partial charge in [0.25, 0.3) is 0 Å². The zero-order valence-electron chi connectivity index (χ0n) is 11.5. The number of carboxylic acid groups (broad SMARTS) is 1. The van der Waals surface area contributed by atoms with Crippen LogP contribution in [0.15, 0.2) is 27.9 Å². The van der Waals surface area contributed by atoms with Crippen LogP contribution in [0.5, 0.6) is 0 Å². The molecule has 0 aliphatic carbocycles. The van der Waals surface area contributed by atoms with Crippen molar-refractivity contribution in [2.45, 2.75) is 25.3 Å². The number of aryl methyl sites for hydroxylation is 2. The second-order valence-corrected chi connectivity index (χ2v) is 7.00. The molecular weight excluding hydrogens is 312 g/mol.